The van der Waals surface area contributed by atoms with Crippen molar-refractivity contribution < 1.29 is 4.79 Å². The molecule has 1 saturated carbocycles. The molecule has 0 unspecified atom stereocenters. The van der Waals surface area contributed by atoms with Crippen molar-refractivity contribution in [3.8, 4) is 0 Å². The predicted octanol–water partition coefficient (Wildman–Crippen LogP) is 6.21. The number of anilines is 2. The van der Waals surface area contributed by atoms with E-state index in [9.17, 15) is 4.79 Å². The SMILES string of the molecule is CN(Cc1ccc(Cl)s1)c1ccc(NC(=O)C2CCCCC2)c(Cl)c1. The summed E-state index contributed by atoms with van der Waals surface area (Å²) in [6.07, 6.45) is 5.48. The number of amides is 1. The van der Waals surface area contributed by atoms with E-state index in [2.05, 4.69) is 10.2 Å². The Balaban J connectivity index is 1.64. The second-order valence-corrected chi connectivity index (χ2v) is 8.76. The van der Waals surface area contributed by atoms with Crippen LogP contribution in [-0.4, -0.2) is 13.0 Å². The van der Waals surface area contributed by atoms with Crippen LogP contribution < -0.4 is 10.2 Å². The highest BCUT2D eigenvalue weighted by molar-refractivity contribution is 7.16. The third-order valence-electron chi connectivity index (χ3n) is 4.65. The molecule has 1 aliphatic carbocycles. The summed E-state index contributed by atoms with van der Waals surface area (Å²) in [7, 11) is 2.01. The Kier molecular flexibility index (Phi) is 6.26. The molecule has 25 heavy (non-hydrogen) atoms. The lowest BCUT2D eigenvalue weighted by Gasteiger charge is -2.22. The molecule has 1 aromatic heterocycles. The Labute approximate surface area is 162 Å². The molecule has 1 aromatic carbocycles. The molecule has 1 heterocycles. The first-order chi connectivity index (χ1) is 12.0. The van der Waals surface area contributed by atoms with Crippen molar-refractivity contribution in [1.29, 1.82) is 0 Å². The van der Waals surface area contributed by atoms with Crippen LogP contribution in [0.2, 0.25) is 9.36 Å². The van der Waals surface area contributed by atoms with Gasteiger partial charge in [-0.1, -0.05) is 42.5 Å². The highest BCUT2D eigenvalue weighted by Crippen LogP contribution is 2.31. The summed E-state index contributed by atoms with van der Waals surface area (Å²) in [5.41, 5.74) is 1.69. The van der Waals surface area contributed by atoms with Gasteiger partial charge in [0.15, 0.2) is 0 Å². The molecule has 0 saturated heterocycles. The Morgan fingerprint density at radius 2 is 1.96 bits per heavy atom. The van der Waals surface area contributed by atoms with Crippen LogP contribution in [0.15, 0.2) is 30.3 Å². The van der Waals surface area contributed by atoms with Crippen LogP contribution in [0.5, 0.6) is 0 Å². The molecule has 1 fully saturated rings. The molecule has 1 N–H and O–H groups in total. The lowest BCUT2D eigenvalue weighted by atomic mass is 9.88. The van der Waals surface area contributed by atoms with Crippen LogP contribution in [0.4, 0.5) is 11.4 Å². The minimum atomic E-state index is 0.0935. The van der Waals surface area contributed by atoms with E-state index < -0.39 is 0 Å². The summed E-state index contributed by atoms with van der Waals surface area (Å²) in [5.74, 6) is 0.215. The van der Waals surface area contributed by atoms with Gasteiger partial charge in [-0.05, 0) is 43.2 Å². The lowest BCUT2D eigenvalue weighted by molar-refractivity contribution is -0.120. The second kappa shape index (κ2) is 8.43. The number of thiophene rings is 1. The minimum Gasteiger partial charge on any atom is -0.369 e. The Morgan fingerprint density at radius 1 is 1.20 bits per heavy atom. The minimum absolute atomic E-state index is 0.0935. The van der Waals surface area contributed by atoms with E-state index in [1.54, 1.807) is 11.3 Å². The van der Waals surface area contributed by atoms with Crippen LogP contribution in [0, 0.1) is 5.92 Å². The molecule has 1 amide bonds. The summed E-state index contributed by atoms with van der Waals surface area (Å²) in [4.78, 5) is 15.7. The van der Waals surface area contributed by atoms with E-state index in [0.29, 0.717) is 10.7 Å². The van der Waals surface area contributed by atoms with Crippen LogP contribution in [-0.2, 0) is 11.3 Å². The van der Waals surface area contributed by atoms with Gasteiger partial charge in [-0.25, -0.2) is 0 Å². The average molecular weight is 397 g/mol. The quantitative estimate of drug-likeness (QED) is 0.651. The van der Waals surface area contributed by atoms with Crippen LogP contribution in [0.25, 0.3) is 0 Å². The highest BCUT2D eigenvalue weighted by atomic mass is 35.5. The fourth-order valence-corrected chi connectivity index (χ4v) is 4.57. The van der Waals surface area contributed by atoms with E-state index in [0.717, 1.165) is 42.3 Å². The molecule has 0 spiro atoms. The van der Waals surface area contributed by atoms with Crippen molar-refractivity contribution in [2.24, 2.45) is 5.92 Å². The Bertz CT molecular complexity index is 741. The van der Waals surface area contributed by atoms with Gasteiger partial charge in [0.25, 0.3) is 0 Å². The van der Waals surface area contributed by atoms with Crippen LogP contribution in [0.1, 0.15) is 37.0 Å². The van der Waals surface area contributed by atoms with Crippen molar-refractivity contribution in [3.63, 3.8) is 0 Å². The maximum atomic E-state index is 12.4. The molecule has 0 radical (unpaired) electrons. The number of hydrogen-bond donors (Lipinski definition) is 1. The Hall–Kier alpha value is -1.23. The van der Waals surface area contributed by atoms with E-state index >= 15 is 0 Å². The first kappa shape index (κ1) is 18.6. The molecule has 6 heteroatoms. The summed E-state index contributed by atoms with van der Waals surface area (Å²) in [6.45, 7) is 0.765. The number of carbonyl (C=O) groups excluding carboxylic acids is 1. The smallest absolute Gasteiger partial charge is 0.227 e. The summed E-state index contributed by atoms with van der Waals surface area (Å²) in [6, 6.07) is 9.71. The van der Waals surface area contributed by atoms with Gasteiger partial charge in [0.1, 0.15) is 0 Å². The molecular weight excluding hydrogens is 375 g/mol. The van der Waals surface area contributed by atoms with Crippen molar-refractivity contribution in [3.05, 3.63) is 44.6 Å². The number of nitrogens with one attached hydrogen (secondary N) is 1. The maximum Gasteiger partial charge on any atom is 0.227 e. The largest absolute Gasteiger partial charge is 0.369 e. The first-order valence-electron chi connectivity index (χ1n) is 8.58. The van der Waals surface area contributed by atoms with Gasteiger partial charge in [-0.3, -0.25) is 4.79 Å². The molecule has 1 aliphatic rings. The van der Waals surface area contributed by atoms with E-state index in [4.69, 9.17) is 23.2 Å². The number of carbonyl (C=O) groups is 1. The van der Waals surface area contributed by atoms with Gasteiger partial charge in [0, 0.05) is 23.5 Å². The fraction of sp³-hybridized carbons (Fsp3) is 0.421. The van der Waals surface area contributed by atoms with Crippen molar-refractivity contribution in [1.82, 2.24) is 0 Å². The monoisotopic (exact) mass is 396 g/mol. The third-order valence-corrected chi connectivity index (χ3v) is 6.18. The third kappa shape index (κ3) is 4.90. The molecule has 3 rings (SSSR count). The standard InChI is InChI=1S/C19H22Cl2N2OS/c1-23(12-15-8-10-18(21)25-15)14-7-9-17(16(20)11-14)22-19(24)13-5-3-2-4-6-13/h7-11,13H,2-6,12H2,1H3,(H,22,24). The summed E-state index contributed by atoms with van der Waals surface area (Å²) in [5, 5.41) is 3.56. The van der Waals surface area contributed by atoms with E-state index in [-0.39, 0.29) is 11.8 Å². The van der Waals surface area contributed by atoms with Crippen molar-refractivity contribution in [2.75, 3.05) is 17.3 Å². The van der Waals surface area contributed by atoms with Crippen LogP contribution >= 0.6 is 34.5 Å². The molecular formula is C19H22Cl2N2OS. The van der Waals surface area contributed by atoms with Crippen molar-refractivity contribution >= 4 is 51.8 Å². The molecule has 0 atom stereocenters. The zero-order valence-electron chi connectivity index (χ0n) is 14.2. The number of rotatable bonds is 5. The van der Waals surface area contributed by atoms with Gasteiger partial charge in [0.2, 0.25) is 5.91 Å². The van der Waals surface area contributed by atoms with Gasteiger partial charge < -0.3 is 10.2 Å². The van der Waals surface area contributed by atoms with Gasteiger partial charge in [-0.2, -0.15) is 0 Å². The normalized spacial score (nSPS) is 15.2. The zero-order chi connectivity index (χ0) is 17.8. The maximum absolute atomic E-state index is 12.4. The number of halogens is 2. The van der Waals surface area contributed by atoms with Gasteiger partial charge >= 0.3 is 0 Å². The topological polar surface area (TPSA) is 32.3 Å². The highest BCUT2D eigenvalue weighted by Gasteiger charge is 2.21. The molecule has 3 nitrogen and oxygen atoms in total. The van der Waals surface area contributed by atoms with E-state index in [1.807, 2.05) is 37.4 Å². The average Bonchev–Trinajstić information content (AvgIpc) is 3.02. The van der Waals surface area contributed by atoms with E-state index in [1.165, 1.54) is 11.3 Å². The molecule has 0 aliphatic heterocycles. The molecule has 0 bridgehead atoms. The van der Waals surface area contributed by atoms with Crippen LogP contribution in [0.3, 0.4) is 0 Å². The summed E-state index contributed by atoms with van der Waals surface area (Å²) >= 11 is 14.0. The first-order valence-corrected chi connectivity index (χ1v) is 10.2. The van der Waals surface area contributed by atoms with Gasteiger partial charge in [0.05, 0.1) is 21.6 Å². The predicted molar refractivity (Wildman–Crippen MR) is 108 cm³/mol. The van der Waals surface area contributed by atoms with Gasteiger partial charge in [-0.15, -0.1) is 11.3 Å². The number of benzene rings is 1. The summed E-state index contributed by atoms with van der Waals surface area (Å²) < 4.78 is 0.794. The lowest BCUT2D eigenvalue weighted by Crippen LogP contribution is -2.25. The molecule has 134 valence electrons. The number of nitrogens with zero attached hydrogens (tertiary/aromatic N) is 1. The second-order valence-electron chi connectivity index (χ2n) is 6.55. The molecule has 2 aromatic rings. The Morgan fingerprint density at radius 3 is 2.60 bits per heavy atom. The van der Waals surface area contributed by atoms with Crippen molar-refractivity contribution in [2.45, 2.75) is 38.6 Å². The number of hydrogen-bond acceptors (Lipinski definition) is 3. The fourth-order valence-electron chi connectivity index (χ4n) is 3.20. The zero-order valence-corrected chi connectivity index (χ0v) is 16.6.